The van der Waals surface area contributed by atoms with Crippen molar-refractivity contribution in [2.45, 2.75) is 52.0 Å². The van der Waals surface area contributed by atoms with Crippen molar-refractivity contribution in [3.63, 3.8) is 0 Å². The van der Waals surface area contributed by atoms with E-state index in [0.29, 0.717) is 18.9 Å². The molecule has 98 valence electrons. The van der Waals surface area contributed by atoms with Crippen LogP contribution in [0.2, 0.25) is 0 Å². The number of nitrogens with zero attached hydrogens (tertiary/aromatic N) is 1. The number of hydrogen-bond donors (Lipinski definition) is 1. The number of rotatable bonds is 5. The zero-order chi connectivity index (χ0) is 12.7. The van der Waals surface area contributed by atoms with Crippen molar-refractivity contribution in [3.8, 4) is 0 Å². The Bertz CT molecular complexity index is 256. The van der Waals surface area contributed by atoms with E-state index in [9.17, 15) is 9.59 Å². The first kappa shape index (κ1) is 14.2. The van der Waals surface area contributed by atoms with Gasteiger partial charge in [-0.3, -0.25) is 14.9 Å². The van der Waals surface area contributed by atoms with Crippen molar-refractivity contribution >= 4 is 12.3 Å². The molecule has 0 spiro atoms. The summed E-state index contributed by atoms with van der Waals surface area (Å²) in [5.74, 6) is 0.653. The van der Waals surface area contributed by atoms with E-state index in [1.807, 2.05) is 0 Å². The Morgan fingerprint density at radius 3 is 2.94 bits per heavy atom. The summed E-state index contributed by atoms with van der Waals surface area (Å²) < 4.78 is 0. The summed E-state index contributed by atoms with van der Waals surface area (Å²) in [5, 5.41) is 2.19. The quantitative estimate of drug-likeness (QED) is 0.742. The fourth-order valence-electron chi connectivity index (χ4n) is 2.39. The van der Waals surface area contributed by atoms with Gasteiger partial charge in [0.25, 0.3) is 0 Å². The maximum atomic E-state index is 11.2. The molecule has 1 heterocycles. The highest BCUT2D eigenvalue weighted by molar-refractivity contribution is 5.85. The SMILES string of the molecule is CC1CCCN(C(C)CCC(=O)NC=O)CC1. The van der Waals surface area contributed by atoms with Gasteiger partial charge in [0, 0.05) is 12.5 Å². The van der Waals surface area contributed by atoms with Gasteiger partial charge < -0.3 is 4.90 Å². The largest absolute Gasteiger partial charge is 0.301 e. The molecule has 1 saturated heterocycles. The van der Waals surface area contributed by atoms with Crippen LogP contribution in [-0.2, 0) is 9.59 Å². The van der Waals surface area contributed by atoms with E-state index in [1.54, 1.807) is 0 Å². The van der Waals surface area contributed by atoms with Gasteiger partial charge in [0.2, 0.25) is 12.3 Å². The Kier molecular flexibility index (Phi) is 6.19. The van der Waals surface area contributed by atoms with Crippen LogP contribution in [0.1, 0.15) is 46.0 Å². The maximum Gasteiger partial charge on any atom is 0.226 e. The van der Waals surface area contributed by atoms with Crippen LogP contribution in [0.4, 0.5) is 0 Å². The van der Waals surface area contributed by atoms with Crippen molar-refractivity contribution in [1.29, 1.82) is 0 Å². The molecule has 0 aromatic heterocycles. The Hall–Kier alpha value is -0.900. The van der Waals surface area contributed by atoms with Crippen molar-refractivity contribution in [3.05, 3.63) is 0 Å². The number of carbonyl (C=O) groups is 2. The van der Waals surface area contributed by atoms with E-state index < -0.39 is 0 Å². The number of imide groups is 1. The summed E-state index contributed by atoms with van der Waals surface area (Å²) >= 11 is 0. The van der Waals surface area contributed by atoms with Crippen LogP contribution in [0.25, 0.3) is 0 Å². The van der Waals surface area contributed by atoms with Gasteiger partial charge in [-0.05, 0) is 51.6 Å². The smallest absolute Gasteiger partial charge is 0.226 e. The van der Waals surface area contributed by atoms with Crippen molar-refractivity contribution in [1.82, 2.24) is 10.2 Å². The third kappa shape index (κ3) is 5.31. The first-order valence-electron chi connectivity index (χ1n) is 6.60. The lowest BCUT2D eigenvalue weighted by Crippen LogP contribution is -2.35. The standard InChI is InChI=1S/C13H24N2O2/c1-11-4-3-8-15(9-7-11)12(2)5-6-13(17)14-10-16/h10-12H,3-9H2,1-2H3,(H,14,16,17). The third-order valence-corrected chi connectivity index (χ3v) is 3.68. The summed E-state index contributed by atoms with van der Waals surface area (Å²) in [7, 11) is 0. The van der Waals surface area contributed by atoms with Gasteiger partial charge in [0.1, 0.15) is 0 Å². The molecule has 0 aliphatic carbocycles. The van der Waals surface area contributed by atoms with Crippen molar-refractivity contribution < 1.29 is 9.59 Å². The lowest BCUT2D eigenvalue weighted by Gasteiger charge is -2.27. The second-order valence-electron chi connectivity index (χ2n) is 5.15. The monoisotopic (exact) mass is 240 g/mol. The highest BCUT2D eigenvalue weighted by Crippen LogP contribution is 2.19. The fourth-order valence-corrected chi connectivity index (χ4v) is 2.39. The van der Waals surface area contributed by atoms with Gasteiger partial charge in [-0.1, -0.05) is 6.92 Å². The zero-order valence-electron chi connectivity index (χ0n) is 10.9. The van der Waals surface area contributed by atoms with Gasteiger partial charge in [-0.15, -0.1) is 0 Å². The van der Waals surface area contributed by atoms with E-state index in [0.717, 1.165) is 25.4 Å². The zero-order valence-corrected chi connectivity index (χ0v) is 10.9. The third-order valence-electron chi connectivity index (χ3n) is 3.68. The van der Waals surface area contributed by atoms with E-state index in [4.69, 9.17) is 0 Å². The van der Waals surface area contributed by atoms with Crippen LogP contribution < -0.4 is 5.32 Å². The van der Waals surface area contributed by atoms with Crippen LogP contribution in [0.3, 0.4) is 0 Å². The van der Waals surface area contributed by atoms with Gasteiger partial charge in [0.15, 0.2) is 0 Å². The van der Waals surface area contributed by atoms with Crippen LogP contribution in [0.15, 0.2) is 0 Å². The van der Waals surface area contributed by atoms with E-state index in [-0.39, 0.29) is 5.91 Å². The summed E-state index contributed by atoms with van der Waals surface area (Å²) in [4.78, 5) is 23.8. The second-order valence-corrected chi connectivity index (χ2v) is 5.15. The summed E-state index contributed by atoms with van der Waals surface area (Å²) in [6, 6.07) is 0.428. The second kappa shape index (κ2) is 7.43. The highest BCUT2D eigenvalue weighted by Gasteiger charge is 2.18. The van der Waals surface area contributed by atoms with Gasteiger partial charge in [0.05, 0.1) is 0 Å². The minimum absolute atomic E-state index is 0.171. The lowest BCUT2D eigenvalue weighted by molar-refractivity contribution is -0.125. The normalized spacial score (nSPS) is 23.8. The number of amides is 2. The highest BCUT2D eigenvalue weighted by atomic mass is 16.2. The van der Waals surface area contributed by atoms with E-state index in [1.165, 1.54) is 19.3 Å². The van der Waals surface area contributed by atoms with Crippen molar-refractivity contribution in [2.24, 2.45) is 5.92 Å². The van der Waals surface area contributed by atoms with Gasteiger partial charge >= 0.3 is 0 Å². The molecule has 1 rings (SSSR count). The molecule has 17 heavy (non-hydrogen) atoms. The molecular formula is C13H24N2O2. The van der Waals surface area contributed by atoms with Crippen LogP contribution in [0.5, 0.6) is 0 Å². The van der Waals surface area contributed by atoms with Gasteiger partial charge in [-0.25, -0.2) is 0 Å². The molecule has 0 saturated carbocycles. The molecule has 1 fully saturated rings. The van der Waals surface area contributed by atoms with Gasteiger partial charge in [-0.2, -0.15) is 0 Å². The molecule has 2 amide bonds. The number of nitrogens with one attached hydrogen (secondary N) is 1. The summed E-state index contributed by atoms with van der Waals surface area (Å²) in [5.41, 5.74) is 0. The molecule has 0 aromatic carbocycles. The predicted molar refractivity (Wildman–Crippen MR) is 67.5 cm³/mol. The fraction of sp³-hybridized carbons (Fsp3) is 0.846. The molecule has 0 bridgehead atoms. The number of likely N-dealkylation sites (tertiary alicyclic amines) is 1. The molecule has 1 aliphatic rings. The maximum absolute atomic E-state index is 11.2. The first-order chi connectivity index (χ1) is 8.13. The lowest BCUT2D eigenvalue weighted by atomic mass is 10.0. The summed E-state index contributed by atoms with van der Waals surface area (Å²) in [6.07, 6.45) is 5.55. The molecule has 4 nitrogen and oxygen atoms in total. The van der Waals surface area contributed by atoms with E-state index in [2.05, 4.69) is 24.1 Å². The minimum atomic E-state index is -0.171. The first-order valence-corrected chi connectivity index (χ1v) is 6.60. The molecule has 0 aromatic rings. The molecule has 2 unspecified atom stereocenters. The molecule has 1 N–H and O–H groups in total. The Morgan fingerprint density at radius 2 is 2.24 bits per heavy atom. The Balaban J connectivity index is 2.28. The Morgan fingerprint density at radius 1 is 1.47 bits per heavy atom. The number of hydrogen-bond acceptors (Lipinski definition) is 3. The average Bonchev–Trinajstić information content (AvgIpc) is 2.51. The summed E-state index contributed by atoms with van der Waals surface area (Å²) in [6.45, 7) is 6.76. The molecule has 1 aliphatic heterocycles. The minimum Gasteiger partial charge on any atom is -0.301 e. The van der Waals surface area contributed by atoms with E-state index >= 15 is 0 Å². The van der Waals surface area contributed by atoms with Crippen LogP contribution in [0, 0.1) is 5.92 Å². The number of carbonyl (C=O) groups excluding carboxylic acids is 2. The Labute approximate surface area is 104 Å². The topological polar surface area (TPSA) is 49.4 Å². The van der Waals surface area contributed by atoms with Crippen LogP contribution in [-0.4, -0.2) is 36.3 Å². The molecule has 4 heteroatoms. The average molecular weight is 240 g/mol. The molecule has 0 radical (unpaired) electrons. The van der Waals surface area contributed by atoms with Crippen molar-refractivity contribution in [2.75, 3.05) is 13.1 Å². The van der Waals surface area contributed by atoms with Crippen LogP contribution >= 0.6 is 0 Å². The predicted octanol–water partition coefficient (Wildman–Crippen LogP) is 1.55. The molecular weight excluding hydrogens is 216 g/mol. The molecule has 2 atom stereocenters.